The smallest absolute Gasteiger partial charge is 0.271 e. The van der Waals surface area contributed by atoms with Crippen molar-refractivity contribution in [2.45, 2.75) is 40.0 Å². The van der Waals surface area contributed by atoms with Crippen LogP contribution in [0.3, 0.4) is 0 Å². The molecule has 0 fully saturated rings. The maximum absolute atomic E-state index is 12.4. The zero-order valence-electron chi connectivity index (χ0n) is 18.4. The number of ether oxygens (including phenoxy) is 1. The van der Waals surface area contributed by atoms with Gasteiger partial charge in [-0.25, -0.2) is 5.43 Å². The number of carbonyl (C=O) groups excluding carboxylic acids is 1. The van der Waals surface area contributed by atoms with Gasteiger partial charge in [-0.05, 0) is 91.2 Å². The first-order valence-corrected chi connectivity index (χ1v) is 11.5. The number of halogens is 1. The summed E-state index contributed by atoms with van der Waals surface area (Å²) in [6.07, 6.45) is 5.22. The quantitative estimate of drug-likeness (QED) is 0.227. The van der Waals surface area contributed by atoms with E-state index in [1.54, 1.807) is 25.5 Å². The fourth-order valence-corrected chi connectivity index (χ4v) is 4.09. The Balaban J connectivity index is 1.73. The van der Waals surface area contributed by atoms with Crippen molar-refractivity contribution in [2.75, 3.05) is 7.11 Å². The third-order valence-corrected chi connectivity index (χ3v) is 6.16. The fraction of sp³-hybridized carbons (Fsp3) is 0.280. The summed E-state index contributed by atoms with van der Waals surface area (Å²) >= 11 is 2.17. The first-order valence-electron chi connectivity index (χ1n) is 10.4. The van der Waals surface area contributed by atoms with Gasteiger partial charge >= 0.3 is 0 Å². The number of hydrazone groups is 1. The van der Waals surface area contributed by atoms with Crippen LogP contribution in [-0.4, -0.2) is 23.8 Å². The summed E-state index contributed by atoms with van der Waals surface area (Å²) in [5.41, 5.74) is 8.76. The van der Waals surface area contributed by atoms with Crippen LogP contribution in [0, 0.1) is 17.4 Å². The lowest BCUT2D eigenvalue weighted by Gasteiger charge is -2.10. The van der Waals surface area contributed by atoms with Crippen LogP contribution in [0.25, 0.3) is 5.69 Å². The lowest BCUT2D eigenvalue weighted by atomic mass is 10.1. The highest BCUT2D eigenvalue weighted by Crippen LogP contribution is 2.22. The average Bonchev–Trinajstić information content (AvgIpc) is 3.06. The van der Waals surface area contributed by atoms with E-state index in [2.05, 4.69) is 88.8 Å². The molecule has 0 aliphatic heterocycles. The first kappa shape index (κ1) is 23.1. The predicted molar refractivity (Wildman–Crippen MR) is 135 cm³/mol. The highest BCUT2D eigenvalue weighted by atomic mass is 127. The van der Waals surface area contributed by atoms with Gasteiger partial charge in [-0.3, -0.25) is 4.79 Å². The van der Waals surface area contributed by atoms with Gasteiger partial charge < -0.3 is 9.30 Å². The SMILES string of the molecule is CCCCc1ccc(-n2c(C)cc(/C=N\NC(=O)c3ccc(I)c(OC)c3)c2C)cc1. The number of benzene rings is 2. The molecular weight excluding hydrogens is 501 g/mol. The van der Waals surface area contributed by atoms with Crippen LogP contribution in [-0.2, 0) is 6.42 Å². The number of nitrogens with one attached hydrogen (secondary N) is 1. The van der Waals surface area contributed by atoms with Crippen molar-refractivity contribution in [3.8, 4) is 11.4 Å². The normalized spacial score (nSPS) is 11.1. The van der Waals surface area contributed by atoms with Crippen LogP contribution in [0.15, 0.2) is 53.6 Å². The number of aromatic nitrogens is 1. The summed E-state index contributed by atoms with van der Waals surface area (Å²) in [5, 5.41) is 4.17. The Labute approximate surface area is 197 Å². The van der Waals surface area contributed by atoms with Gasteiger partial charge in [0.15, 0.2) is 0 Å². The van der Waals surface area contributed by atoms with Crippen LogP contribution in [0.5, 0.6) is 5.75 Å². The molecule has 2 aromatic carbocycles. The number of methoxy groups -OCH3 is 1. The molecule has 0 unspecified atom stereocenters. The molecule has 0 atom stereocenters. The van der Waals surface area contributed by atoms with Crippen LogP contribution in [0.2, 0.25) is 0 Å². The molecule has 0 aliphatic carbocycles. The minimum atomic E-state index is -0.276. The average molecular weight is 529 g/mol. The summed E-state index contributed by atoms with van der Waals surface area (Å²) in [4.78, 5) is 12.4. The number of carbonyl (C=O) groups is 1. The molecule has 5 nitrogen and oxygen atoms in total. The minimum absolute atomic E-state index is 0.276. The topological polar surface area (TPSA) is 55.6 Å². The van der Waals surface area contributed by atoms with Crippen LogP contribution in [0.1, 0.15) is 52.6 Å². The van der Waals surface area contributed by atoms with Gasteiger partial charge in [-0.15, -0.1) is 0 Å². The summed E-state index contributed by atoms with van der Waals surface area (Å²) in [7, 11) is 1.59. The van der Waals surface area contributed by atoms with Crippen molar-refractivity contribution in [3.05, 3.63) is 80.2 Å². The molecule has 1 N–H and O–H groups in total. The molecule has 0 bridgehead atoms. The van der Waals surface area contributed by atoms with E-state index in [1.807, 2.05) is 6.07 Å². The standard InChI is InChI=1S/C25H28IN3O2/c1-5-6-7-19-8-11-22(12-9-19)29-17(2)14-21(18(29)3)16-27-28-25(30)20-10-13-23(26)24(15-20)31-4/h8-16H,5-7H2,1-4H3,(H,28,30)/b27-16-. The summed E-state index contributed by atoms with van der Waals surface area (Å²) in [6, 6.07) is 16.1. The van der Waals surface area contributed by atoms with Crippen molar-refractivity contribution in [1.82, 2.24) is 9.99 Å². The minimum Gasteiger partial charge on any atom is -0.496 e. The molecule has 3 aromatic rings. The van der Waals surface area contributed by atoms with E-state index >= 15 is 0 Å². The number of hydrogen-bond acceptors (Lipinski definition) is 3. The van der Waals surface area contributed by atoms with Crippen molar-refractivity contribution < 1.29 is 9.53 Å². The van der Waals surface area contributed by atoms with Crippen molar-refractivity contribution in [2.24, 2.45) is 5.10 Å². The Morgan fingerprint density at radius 2 is 1.90 bits per heavy atom. The van der Waals surface area contributed by atoms with Crippen molar-refractivity contribution >= 4 is 34.7 Å². The van der Waals surface area contributed by atoms with Gasteiger partial charge in [0.1, 0.15) is 5.75 Å². The first-order chi connectivity index (χ1) is 14.9. The molecule has 0 saturated heterocycles. The van der Waals surface area contributed by atoms with E-state index in [0.717, 1.165) is 32.6 Å². The van der Waals surface area contributed by atoms with Gasteiger partial charge in [0.2, 0.25) is 0 Å². The summed E-state index contributed by atoms with van der Waals surface area (Å²) in [6.45, 7) is 6.35. The van der Waals surface area contributed by atoms with E-state index in [-0.39, 0.29) is 5.91 Å². The Bertz CT molecular complexity index is 1080. The second kappa shape index (κ2) is 10.6. The Hall–Kier alpha value is -2.61. The molecule has 0 spiro atoms. The summed E-state index contributed by atoms with van der Waals surface area (Å²) < 4.78 is 8.44. The number of rotatable bonds is 8. The van der Waals surface area contributed by atoms with Crippen molar-refractivity contribution in [3.63, 3.8) is 0 Å². The highest BCUT2D eigenvalue weighted by Gasteiger charge is 2.11. The maximum atomic E-state index is 12.4. The molecule has 6 heteroatoms. The summed E-state index contributed by atoms with van der Waals surface area (Å²) in [5.74, 6) is 0.393. The van der Waals surface area contributed by atoms with Gasteiger partial charge in [-0.2, -0.15) is 5.10 Å². The third kappa shape index (κ3) is 5.55. The Morgan fingerprint density at radius 1 is 1.16 bits per heavy atom. The van der Waals surface area contributed by atoms with Gasteiger partial charge in [0, 0.05) is 28.2 Å². The van der Waals surface area contributed by atoms with Gasteiger partial charge in [-0.1, -0.05) is 25.5 Å². The number of hydrogen-bond donors (Lipinski definition) is 1. The second-order valence-electron chi connectivity index (χ2n) is 7.48. The Morgan fingerprint density at radius 3 is 2.58 bits per heavy atom. The number of amides is 1. The molecule has 31 heavy (non-hydrogen) atoms. The van der Waals surface area contributed by atoms with E-state index in [0.29, 0.717) is 11.3 Å². The fourth-order valence-electron chi connectivity index (χ4n) is 3.53. The second-order valence-corrected chi connectivity index (χ2v) is 8.64. The molecule has 162 valence electrons. The Kier molecular flexibility index (Phi) is 7.90. The molecule has 1 amide bonds. The van der Waals surface area contributed by atoms with Crippen LogP contribution < -0.4 is 10.2 Å². The lowest BCUT2D eigenvalue weighted by Crippen LogP contribution is -2.17. The predicted octanol–water partition coefficient (Wildman–Crippen LogP) is 5.81. The largest absolute Gasteiger partial charge is 0.496 e. The number of aryl methyl sites for hydroxylation is 2. The molecule has 1 aromatic heterocycles. The molecule has 0 aliphatic rings. The highest BCUT2D eigenvalue weighted by molar-refractivity contribution is 14.1. The van der Waals surface area contributed by atoms with Crippen LogP contribution >= 0.6 is 22.6 Å². The molecule has 3 rings (SSSR count). The zero-order chi connectivity index (χ0) is 22.4. The molecule has 0 radical (unpaired) electrons. The molecule has 0 saturated carbocycles. The van der Waals surface area contributed by atoms with E-state index in [4.69, 9.17) is 4.74 Å². The van der Waals surface area contributed by atoms with Gasteiger partial charge in [0.05, 0.1) is 16.9 Å². The number of unbranched alkanes of at least 4 members (excludes halogenated alkanes) is 1. The molecular formula is C25H28IN3O2. The van der Waals surface area contributed by atoms with E-state index < -0.39 is 0 Å². The van der Waals surface area contributed by atoms with Crippen molar-refractivity contribution in [1.29, 1.82) is 0 Å². The maximum Gasteiger partial charge on any atom is 0.271 e. The number of nitrogens with zero attached hydrogens (tertiary/aromatic N) is 2. The lowest BCUT2D eigenvalue weighted by molar-refractivity contribution is 0.0954. The zero-order valence-corrected chi connectivity index (χ0v) is 20.6. The van der Waals surface area contributed by atoms with E-state index in [1.165, 1.54) is 18.4 Å². The molecule has 1 heterocycles. The third-order valence-electron chi connectivity index (χ3n) is 5.27. The van der Waals surface area contributed by atoms with E-state index in [9.17, 15) is 4.79 Å². The monoisotopic (exact) mass is 529 g/mol. The van der Waals surface area contributed by atoms with Crippen LogP contribution in [0.4, 0.5) is 0 Å². The van der Waals surface area contributed by atoms with Gasteiger partial charge in [0.25, 0.3) is 5.91 Å².